The molecule has 2 fully saturated rings. The molecule has 0 aromatic heterocycles. The Bertz CT molecular complexity index is 686. The van der Waals surface area contributed by atoms with Gasteiger partial charge in [0.1, 0.15) is 35.4 Å². The van der Waals surface area contributed by atoms with Gasteiger partial charge in [0.25, 0.3) is 0 Å². The summed E-state index contributed by atoms with van der Waals surface area (Å²) in [5.41, 5.74) is -0.963. The third-order valence-corrected chi connectivity index (χ3v) is 6.59. The van der Waals surface area contributed by atoms with Crippen LogP contribution >= 0.6 is 11.8 Å². The van der Waals surface area contributed by atoms with Gasteiger partial charge in [0.15, 0.2) is 0 Å². The third-order valence-electron chi connectivity index (χ3n) is 5.45. The number of carbonyl (C=O) groups is 1. The zero-order chi connectivity index (χ0) is 22.3. The minimum Gasteiger partial charge on any atom is -0.444 e. The van der Waals surface area contributed by atoms with Gasteiger partial charge in [-0.3, -0.25) is 4.99 Å². The molecule has 3 heterocycles. The molecule has 0 spiro atoms. The number of amides is 1. The van der Waals surface area contributed by atoms with Crippen LogP contribution in [0.4, 0.5) is 4.79 Å². The summed E-state index contributed by atoms with van der Waals surface area (Å²) in [5.74, 6) is -2.40. The van der Waals surface area contributed by atoms with Crippen LogP contribution in [0.5, 0.6) is 0 Å². The van der Waals surface area contributed by atoms with E-state index in [4.69, 9.17) is 33.4 Å². The molecule has 11 heteroatoms. The van der Waals surface area contributed by atoms with E-state index in [9.17, 15) is 9.90 Å². The largest absolute Gasteiger partial charge is 0.444 e. The van der Waals surface area contributed by atoms with E-state index >= 15 is 0 Å². The molecule has 2 saturated heterocycles. The van der Waals surface area contributed by atoms with Crippen molar-refractivity contribution in [2.75, 3.05) is 27.4 Å². The number of thioether (sulfide) groups is 1. The van der Waals surface area contributed by atoms with Gasteiger partial charge in [-0.05, 0) is 34.6 Å². The molecule has 2 N–H and O–H groups in total. The number of nitrogens with zero attached hydrogens (tertiary/aromatic N) is 1. The van der Waals surface area contributed by atoms with Gasteiger partial charge in [-0.15, -0.1) is 0 Å². The molecule has 7 atom stereocenters. The van der Waals surface area contributed by atoms with Gasteiger partial charge < -0.3 is 38.8 Å². The number of aliphatic hydroxyl groups is 1. The molecule has 30 heavy (non-hydrogen) atoms. The number of fused-ring (bicyclic) bond motifs is 3. The Kier molecular flexibility index (Phi) is 6.74. The molecule has 0 aliphatic carbocycles. The highest BCUT2D eigenvalue weighted by Gasteiger charge is 2.63. The summed E-state index contributed by atoms with van der Waals surface area (Å²) in [6, 6.07) is -0.394. The number of hydrogen-bond donors (Lipinski definition) is 2. The van der Waals surface area contributed by atoms with Crippen LogP contribution in [-0.4, -0.2) is 90.6 Å². The normalized spacial score (nSPS) is 40.9. The van der Waals surface area contributed by atoms with Crippen molar-refractivity contribution in [1.29, 1.82) is 0 Å². The van der Waals surface area contributed by atoms with Crippen molar-refractivity contribution in [2.45, 2.75) is 81.6 Å². The van der Waals surface area contributed by atoms with Gasteiger partial charge in [0.05, 0.1) is 18.2 Å². The molecular weight excluding hydrogens is 416 g/mol. The second-order valence-corrected chi connectivity index (χ2v) is 9.85. The van der Waals surface area contributed by atoms with Crippen molar-refractivity contribution in [2.24, 2.45) is 4.99 Å². The fraction of sp³-hybridized carbons (Fsp3) is 0.895. The molecule has 0 saturated carbocycles. The SMILES string of the molecule is CO[C@@]1(C)O[C@@H]2[C@H]3N=C(CNC(=O)OC(C)(C)C)S[C@H]3O[C@H](CO)[C@H]2O[C@]1(C)OC. The van der Waals surface area contributed by atoms with Crippen LogP contribution in [0.15, 0.2) is 4.99 Å². The maximum absolute atomic E-state index is 11.9. The lowest BCUT2D eigenvalue weighted by atomic mass is 9.93. The van der Waals surface area contributed by atoms with Crippen LogP contribution in [0, 0.1) is 0 Å². The maximum Gasteiger partial charge on any atom is 0.407 e. The highest BCUT2D eigenvalue weighted by atomic mass is 32.2. The van der Waals surface area contributed by atoms with E-state index in [2.05, 4.69) is 5.32 Å². The zero-order valence-corrected chi connectivity index (χ0v) is 19.3. The number of ether oxygens (including phenoxy) is 6. The number of aliphatic hydroxyl groups excluding tert-OH is 1. The lowest BCUT2D eigenvalue weighted by Crippen LogP contribution is -2.72. The summed E-state index contributed by atoms with van der Waals surface area (Å²) >= 11 is 1.38. The number of methoxy groups -OCH3 is 2. The van der Waals surface area contributed by atoms with Crippen molar-refractivity contribution >= 4 is 22.9 Å². The van der Waals surface area contributed by atoms with Crippen LogP contribution in [-0.2, 0) is 28.4 Å². The minimum absolute atomic E-state index is 0.204. The van der Waals surface area contributed by atoms with Crippen molar-refractivity contribution in [3.63, 3.8) is 0 Å². The Morgan fingerprint density at radius 3 is 2.33 bits per heavy atom. The molecule has 0 unspecified atom stereocenters. The Hall–Kier alpha value is -0.950. The summed E-state index contributed by atoms with van der Waals surface area (Å²) in [4.78, 5) is 16.7. The fourth-order valence-corrected chi connectivity index (χ4v) is 4.79. The van der Waals surface area contributed by atoms with E-state index < -0.39 is 47.6 Å². The van der Waals surface area contributed by atoms with Crippen molar-refractivity contribution in [3.8, 4) is 0 Å². The van der Waals surface area contributed by atoms with Gasteiger partial charge in [-0.25, -0.2) is 4.79 Å². The first-order valence-electron chi connectivity index (χ1n) is 9.87. The van der Waals surface area contributed by atoms with E-state index in [1.165, 1.54) is 26.0 Å². The first-order chi connectivity index (χ1) is 13.9. The predicted molar refractivity (Wildman–Crippen MR) is 109 cm³/mol. The van der Waals surface area contributed by atoms with Crippen LogP contribution in [0.2, 0.25) is 0 Å². The van der Waals surface area contributed by atoms with Gasteiger partial charge in [-0.2, -0.15) is 0 Å². The standard InChI is InChI=1S/C19H32N2O8S/c1-17(2,3)29-16(23)20-8-11-21-12-14-13(10(9-22)26-15(12)30-11)27-18(4,24-6)19(5,25-7)28-14/h10,12-15,22H,8-9H2,1-7H3,(H,20,23)/t10-,12-,13-,14-,15-,18+,19+/m1/s1. The molecule has 1 amide bonds. The van der Waals surface area contributed by atoms with E-state index in [0.29, 0.717) is 5.04 Å². The molecule has 3 rings (SSSR count). The highest BCUT2D eigenvalue weighted by Crippen LogP contribution is 2.47. The molecule has 3 aliphatic rings. The lowest BCUT2D eigenvalue weighted by molar-refractivity contribution is -0.463. The maximum atomic E-state index is 11.9. The fourth-order valence-electron chi connectivity index (χ4n) is 3.63. The first-order valence-corrected chi connectivity index (χ1v) is 10.8. The molecular formula is C19H32N2O8S. The molecule has 0 bridgehead atoms. The second-order valence-electron chi connectivity index (χ2n) is 8.68. The number of carbonyl (C=O) groups excluding carboxylic acids is 1. The van der Waals surface area contributed by atoms with Crippen molar-refractivity contribution < 1.29 is 38.3 Å². The van der Waals surface area contributed by atoms with Gasteiger partial charge in [-0.1, -0.05) is 11.8 Å². The number of nitrogens with one attached hydrogen (secondary N) is 1. The molecule has 0 radical (unpaired) electrons. The minimum atomic E-state index is -1.21. The molecule has 0 aromatic rings. The summed E-state index contributed by atoms with van der Waals surface area (Å²) in [6.45, 7) is 8.81. The summed E-state index contributed by atoms with van der Waals surface area (Å²) in [7, 11) is 3.02. The number of alkyl carbamates (subject to hydrolysis) is 1. The van der Waals surface area contributed by atoms with Crippen molar-refractivity contribution in [3.05, 3.63) is 0 Å². The van der Waals surface area contributed by atoms with E-state index in [1.54, 1.807) is 34.6 Å². The molecule has 0 aromatic carbocycles. The molecule has 172 valence electrons. The number of rotatable bonds is 5. The summed E-state index contributed by atoms with van der Waals surface area (Å²) in [6.07, 6.45) is -2.27. The Balaban J connectivity index is 1.76. The third kappa shape index (κ3) is 4.47. The number of aliphatic imine (C=N–C) groups is 1. The smallest absolute Gasteiger partial charge is 0.407 e. The lowest BCUT2D eigenvalue weighted by Gasteiger charge is -2.56. The predicted octanol–water partition coefficient (Wildman–Crippen LogP) is 1.25. The van der Waals surface area contributed by atoms with Crippen LogP contribution in [0.3, 0.4) is 0 Å². The average Bonchev–Trinajstić information content (AvgIpc) is 3.08. The van der Waals surface area contributed by atoms with Gasteiger partial charge >= 0.3 is 6.09 Å². The quantitative estimate of drug-likeness (QED) is 0.641. The van der Waals surface area contributed by atoms with Gasteiger partial charge in [0.2, 0.25) is 11.6 Å². The second kappa shape index (κ2) is 8.53. The van der Waals surface area contributed by atoms with E-state index in [0.717, 1.165) is 0 Å². The Labute approximate surface area is 180 Å². The first kappa shape index (κ1) is 23.7. The average molecular weight is 449 g/mol. The van der Waals surface area contributed by atoms with Crippen LogP contribution in [0.25, 0.3) is 0 Å². The topological polar surface area (TPSA) is 117 Å². The van der Waals surface area contributed by atoms with Crippen LogP contribution < -0.4 is 5.32 Å². The summed E-state index contributed by atoms with van der Waals surface area (Å²) in [5, 5.41) is 13.3. The zero-order valence-electron chi connectivity index (χ0n) is 18.5. The Morgan fingerprint density at radius 2 is 1.80 bits per heavy atom. The molecule has 3 aliphatic heterocycles. The van der Waals surface area contributed by atoms with E-state index in [-0.39, 0.29) is 18.6 Å². The van der Waals surface area contributed by atoms with Gasteiger partial charge in [0, 0.05) is 14.2 Å². The van der Waals surface area contributed by atoms with Crippen LogP contribution in [0.1, 0.15) is 34.6 Å². The summed E-state index contributed by atoms with van der Waals surface area (Å²) < 4.78 is 35.0. The Morgan fingerprint density at radius 1 is 1.20 bits per heavy atom. The number of hydrogen-bond acceptors (Lipinski definition) is 10. The molecule has 10 nitrogen and oxygen atoms in total. The highest BCUT2D eigenvalue weighted by molar-refractivity contribution is 8.14. The monoisotopic (exact) mass is 448 g/mol. The van der Waals surface area contributed by atoms with E-state index in [1.807, 2.05) is 0 Å². The van der Waals surface area contributed by atoms with Crippen molar-refractivity contribution in [1.82, 2.24) is 5.32 Å².